The quantitative estimate of drug-likeness (QED) is 0.778. The average Bonchev–Trinajstić information content (AvgIpc) is 2.92. The monoisotopic (exact) mass is 344 g/mol. The molecular weight excluding hydrogens is 316 g/mol. The van der Waals surface area contributed by atoms with Crippen molar-refractivity contribution in [3.05, 3.63) is 18.3 Å². The Morgan fingerprint density at radius 3 is 2.92 bits per heavy atom. The molecule has 2 aromatic heterocycles. The highest BCUT2D eigenvalue weighted by Crippen LogP contribution is 2.35. The molecule has 0 radical (unpaired) electrons. The van der Waals surface area contributed by atoms with E-state index in [-0.39, 0.29) is 18.6 Å². The van der Waals surface area contributed by atoms with Crippen LogP contribution >= 0.6 is 0 Å². The van der Waals surface area contributed by atoms with E-state index in [0.29, 0.717) is 23.4 Å². The fraction of sp³-hybridized carbons (Fsp3) is 0.684. The molecule has 1 aliphatic carbocycles. The van der Waals surface area contributed by atoms with Gasteiger partial charge >= 0.3 is 5.97 Å². The van der Waals surface area contributed by atoms with Crippen molar-refractivity contribution in [3.8, 4) is 0 Å². The van der Waals surface area contributed by atoms with Crippen molar-refractivity contribution in [2.24, 2.45) is 17.8 Å². The summed E-state index contributed by atoms with van der Waals surface area (Å²) < 4.78 is 7.81. The molecule has 0 N–H and O–H groups in total. The molecule has 2 aromatic rings. The van der Waals surface area contributed by atoms with Crippen molar-refractivity contribution in [2.75, 3.05) is 0 Å². The molecule has 1 aliphatic rings. The lowest BCUT2D eigenvalue weighted by Gasteiger charge is -2.36. The molecule has 25 heavy (non-hydrogen) atoms. The third-order valence-electron chi connectivity index (χ3n) is 5.36. The van der Waals surface area contributed by atoms with Crippen LogP contribution in [0.1, 0.15) is 52.8 Å². The molecule has 0 spiro atoms. The summed E-state index contributed by atoms with van der Waals surface area (Å²) in [6.07, 6.45) is 7.27. The predicted octanol–water partition coefficient (Wildman–Crippen LogP) is 3.39. The Hall–Kier alpha value is -1.98. The van der Waals surface area contributed by atoms with Gasteiger partial charge in [-0.25, -0.2) is 15.0 Å². The minimum Gasteiger partial charge on any atom is -0.461 e. The largest absolute Gasteiger partial charge is 0.461 e. The number of aromatic nitrogens is 4. The molecule has 6 heteroatoms. The summed E-state index contributed by atoms with van der Waals surface area (Å²) in [6, 6.07) is 0. The summed E-state index contributed by atoms with van der Waals surface area (Å²) in [6.45, 7) is 8.87. The molecule has 3 rings (SSSR count). The van der Waals surface area contributed by atoms with E-state index in [2.05, 4.69) is 35.7 Å². The number of esters is 1. The molecule has 0 saturated heterocycles. The lowest BCUT2D eigenvalue weighted by molar-refractivity contribution is -0.156. The Balaban J connectivity index is 1.76. The number of nitrogens with zero attached hydrogens (tertiary/aromatic N) is 4. The summed E-state index contributed by atoms with van der Waals surface area (Å²) in [7, 11) is 0. The number of fused-ring (bicyclic) bond motifs is 1. The second-order valence-electron chi connectivity index (χ2n) is 7.55. The highest BCUT2D eigenvalue weighted by molar-refractivity contribution is 5.75. The van der Waals surface area contributed by atoms with Gasteiger partial charge in [-0.2, -0.15) is 0 Å². The van der Waals surface area contributed by atoms with Gasteiger partial charge < -0.3 is 9.30 Å². The van der Waals surface area contributed by atoms with Crippen LogP contribution in [0.4, 0.5) is 0 Å². The summed E-state index contributed by atoms with van der Waals surface area (Å²) in [5.41, 5.74) is 1.42. The van der Waals surface area contributed by atoms with Gasteiger partial charge in [-0.3, -0.25) is 4.79 Å². The number of hydrogen-bond acceptors (Lipinski definition) is 5. The second kappa shape index (κ2) is 7.50. The Bertz CT molecular complexity index is 740. The van der Waals surface area contributed by atoms with Crippen LogP contribution in [-0.4, -0.2) is 31.6 Å². The van der Waals surface area contributed by atoms with E-state index in [4.69, 9.17) is 4.74 Å². The second-order valence-corrected chi connectivity index (χ2v) is 7.55. The molecule has 3 atom stereocenters. The first-order chi connectivity index (χ1) is 12.0. The van der Waals surface area contributed by atoms with E-state index in [1.165, 1.54) is 12.7 Å². The topological polar surface area (TPSA) is 69.9 Å². The number of aryl methyl sites for hydroxylation is 1. The molecule has 0 aliphatic heterocycles. The third kappa shape index (κ3) is 3.83. The molecule has 1 saturated carbocycles. The average molecular weight is 344 g/mol. The Labute approximate surface area is 149 Å². The van der Waals surface area contributed by atoms with E-state index < -0.39 is 0 Å². The summed E-state index contributed by atoms with van der Waals surface area (Å²) in [5, 5.41) is 0. The summed E-state index contributed by atoms with van der Waals surface area (Å²) >= 11 is 0. The number of ether oxygens (including phenoxy) is 1. The van der Waals surface area contributed by atoms with Crippen molar-refractivity contribution in [1.82, 2.24) is 19.5 Å². The molecular formula is C19H28N4O2. The van der Waals surface area contributed by atoms with Gasteiger partial charge in [0.05, 0.1) is 6.20 Å². The Kier molecular flexibility index (Phi) is 5.35. The van der Waals surface area contributed by atoms with Gasteiger partial charge in [0.15, 0.2) is 5.65 Å². The number of rotatable bonds is 5. The summed E-state index contributed by atoms with van der Waals surface area (Å²) in [4.78, 5) is 25.4. The van der Waals surface area contributed by atoms with Crippen molar-refractivity contribution >= 4 is 17.1 Å². The van der Waals surface area contributed by atoms with Gasteiger partial charge in [-0.05, 0) is 30.6 Å². The van der Waals surface area contributed by atoms with Crippen LogP contribution < -0.4 is 0 Å². The minimum atomic E-state index is -0.192. The number of carbonyl (C=O) groups is 1. The number of imidazole rings is 1. The first-order valence-corrected chi connectivity index (χ1v) is 9.34. The van der Waals surface area contributed by atoms with Crippen LogP contribution in [0, 0.1) is 17.8 Å². The van der Waals surface area contributed by atoms with Gasteiger partial charge in [0.1, 0.15) is 30.3 Å². The maximum atomic E-state index is 12.7. The van der Waals surface area contributed by atoms with E-state index in [1.54, 1.807) is 6.20 Å². The van der Waals surface area contributed by atoms with E-state index in [0.717, 1.165) is 30.6 Å². The molecule has 0 aromatic carbocycles. The van der Waals surface area contributed by atoms with Crippen LogP contribution in [0.2, 0.25) is 0 Å². The minimum absolute atomic E-state index is 0.0207. The molecule has 6 nitrogen and oxygen atoms in total. The normalized spacial score (nSPS) is 24.0. The maximum Gasteiger partial charge on any atom is 0.326 e. The fourth-order valence-electron chi connectivity index (χ4n) is 3.95. The van der Waals surface area contributed by atoms with Crippen LogP contribution in [0.25, 0.3) is 11.2 Å². The highest BCUT2D eigenvalue weighted by atomic mass is 16.5. The van der Waals surface area contributed by atoms with Gasteiger partial charge in [-0.15, -0.1) is 0 Å². The highest BCUT2D eigenvalue weighted by Gasteiger charge is 2.33. The predicted molar refractivity (Wildman–Crippen MR) is 95.9 cm³/mol. The van der Waals surface area contributed by atoms with Gasteiger partial charge in [0.25, 0.3) is 0 Å². The van der Waals surface area contributed by atoms with Gasteiger partial charge in [-0.1, -0.05) is 34.1 Å². The fourth-order valence-corrected chi connectivity index (χ4v) is 3.95. The van der Waals surface area contributed by atoms with E-state index >= 15 is 0 Å². The third-order valence-corrected chi connectivity index (χ3v) is 5.36. The molecule has 0 amide bonds. The first-order valence-electron chi connectivity index (χ1n) is 9.34. The van der Waals surface area contributed by atoms with Crippen molar-refractivity contribution in [1.29, 1.82) is 0 Å². The lowest BCUT2D eigenvalue weighted by Crippen LogP contribution is -2.36. The molecule has 1 fully saturated rings. The van der Waals surface area contributed by atoms with Crippen LogP contribution in [0.3, 0.4) is 0 Å². The van der Waals surface area contributed by atoms with Gasteiger partial charge in [0, 0.05) is 6.42 Å². The molecule has 0 unspecified atom stereocenters. The van der Waals surface area contributed by atoms with Crippen LogP contribution in [0.5, 0.6) is 0 Å². The molecule has 2 heterocycles. The Morgan fingerprint density at radius 1 is 1.40 bits per heavy atom. The van der Waals surface area contributed by atoms with Crippen LogP contribution in [0.15, 0.2) is 12.5 Å². The van der Waals surface area contributed by atoms with Crippen molar-refractivity contribution < 1.29 is 9.53 Å². The van der Waals surface area contributed by atoms with Crippen molar-refractivity contribution in [2.45, 2.75) is 66.0 Å². The number of carbonyl (C=O) groups excluding carboxylic acids is 1. The zero-order valence-corrected chi connectivity index (χ0v) is 15.6. The smallest absolute Gasteiger partial charge is 0.326 e. The zero-order chi connectivity index (χ0) is 18.0. The first kappa shape index (κ1) is 17.8. The van der Waals surface area contributed by atoms with Gasteiger partial charge in [0.2, 0.25) is 0 Å². The zero-order valence-electron chi connectivity index (χ0n) is 15.6. The van der Waals surface area contributed by atoms with Crippen molar-refractivity contribution in [3.63, 3.8) is 0 Å². The molecule has 0 bridgehead atoms. The SMILES string of the molecule is CCc1nc2ncncc2n1CC(=O)O[C@@H]1C[C@H](C)CC[C@H]1C(C)C. The standard InChI is InChI=1S/C19H28N4O2/c1-5-17-22-19-15(9-20-11-21-19)23(17)10-18(24)25-16-8-13(4)6-7-14(16)12(2)3/h9,11-14,16H,5-8,10H2,1-4H3/t13-,14+,16-/m1/s1. The Morgan fingerprint density at radius 2 is 2.20 bits per heavy atom. The molecule has 136 valence electrons. The van der Waals surface area contributed by atoms with E-state index in [9.17, 15) is 4.79 Å². The maximum absolute atomic E-state index is 12.7. The summed E-state index contributed by atoms with van der Waals surface area (Å²) in [5.74, 6) is 2.24. The van der Waals surface area contributed by atoms with E-state index in [1.807, 2.05) is 11.5 Å². The lowest BCUT2D eigenvalue weighted by atomic mass is 9.75. The van der Waals surface area contributed by atoms with Crippen LogP contribution in [-0.2, 0) is 22.5 Å². The number of hydrogen-bond donors (Lipinski definition) is 0.